The minimum atomic E-state index is -4.12. The summed E-state index contributed by atoms with van der Waals surface area (Å²) in [5.41, 5.74) is 3.89. The van der Waals surface area contributed by atoms with Crippen LogP contribution in [0.25, 0.3) is 0 Å². The monoisotopic (exact) mass is 597 g/mol. The summed E-state index contributed by atoms with van der Waals surface area (Å²) < 4.78 is 29.3. The molecule has 1 atom stereocenters. The Hall–Kier alpha value is -4.43. The van der Waals surface area contributed by atoms with E-state index in [1.165, 1.54) is 4.90 Å². The van der Waals surface area contributed by atoms with E-state index in [1.807, 2.05) is 87.5 Å². The maximum Gasteiger partial charge on any atom is 0.264 e. The van der Waals surface area contributed by atoms with Crippen molar-refractivity contribution in [2.75, 3.05) is 17.4 Å². The number of hydrogen-bond donors (Lipinski definition) is 1. The standard InChI is InChI=1S/C35H39N3O4S/c1-4-22-36-35(40)33(24-29-13-7-5-8-14-29)37(25-30-15-9-6-10-16-30)34(39)26-38(31-17-11-12-28(3)23-31)43(41,42)32-20-18-27(2)19-21-32/h5-21,23,33H,4,22,24-26H2,1-3H3,(H,36,40)/t33-/m1/s1. The summed E-state index contributed by atoms with van der Waals surface area (Å²) in [6.07, 6.45) is 1.02. The van der Waals surface area contributed by atoms with Crippen molar-refractivity contribution in [3.63, 3.8) is 0 Å². The topological polar surface area (TPSA) is 86.8 Å². The van der Waals surface area contributed by atoms with E-state index >= 15 is 0 Å². The van der Waals surface area contributed by atoms with Crippen LogP contribution < -0.4 is 9.62 Å². The molecule has 0 aliphatic carbocycles. The van der Waals surface area contributed by atoms with Crippen molar-refractivity contribution >= 4 is 27.5 Å². The second kappa shape index (κ2) is 14.6. The molecule has 0 radical (unpaired) electrons. The summed E-state index contributed by atoms with van der Waals surface area (Å²) in [5, 5.41) is 2.96. The maximum atomic E-state index is 14.4. The minimum Gasteiger partial charge on any atom is -0.354 e. The molecule has 0 aliphatic heterocycles. The Balaban J connectivity index is 1.78. The summed E-state index contributed by atoms with van der Waals surface area (Å²) in [5.74, 6) is -0.757. The fourth-order valence-corrected chi connectivity index (χ4v) is 6.26. The van der Waals surface area contributed by atoms with E-state index in [0.29, 0.717) is 12.2 Å². The number of aryl methyl sites for hydroxylation is 2. The lowest BCUT2D eigenvalue weighted by atomic mass is 10.0. The van der Waals surface area contributed by atoms with Crippen LogP contribution in [-0.2, 0) is 32.6 Å². The summed E-state index contributed by atoms with van der Waals surface area (Å²) in [4.78, 5) is 29.7. The minimum absolute atomic E-state index is 0.0866. The van der Waals surface area contributed by atoms with Crippen LogP contribution in [0.3, 0.4) is 0 Å². The van der Waals surface area contributed by atoms with E-state index in [1.54, 1.807) is 42.5 Å². The van der Waals surface area contributed by atoms with Gasteiger partial charge in [-0.05, 0) is 61.2 Å². The highest BCUT2D eigenvalue weighted by atomic mass is 32.2. The van der Waals surface area contributed by atoms with Gasteiger partial charge in [-0.15, -0.1) is 0 Å². The summed E-state index contributed by atoms with van der Waals surface area (Å²) in [6.45, 7) is 5.86. The van der Waals surface area contributed by atoms with Crippen molar-refractivity contribution in [3.8, 4) is 0 Å². The molecule has 0 fully saturated rings. The zero-order valence-electron chi connectivity index (χ0n) is 24.9. The predicted molar refractivity (Wildman–Crippen MR) is 171 cm³/mol. The Kier molecular flexibility index (Phi) is 10.7. The second-order valence-electron chi connectivity index (χ2n) is 10.7. The number of hydrogen-bond acceptors (Lipinski definition) is 4. The molecule has 0 unspecified atom stereocenters. The van der Waals surface area contributed by atoms with E-state index in [-0.39, 0.29) is 23.8 Å². The van der Waals surface area contributed by atoms with Crippen molar-refractivity contribution < 1.29 is 18.0 Å². The van der Waals surface area contributed by atoms with E-state index in [4.69, 9.17) is 0 Å². The molecule has 0 saturated carbocycles. The summed E-state index contributed by atoms with van der Waals surface area (Å²) >= 11 is 0. The molecule has 0 heterocycles. The number of anilines is 1. The molecular formula is C35H39N3O4S. The van der Waals surface area contributed by atoms with Crippen LogP contribution in [0.1, 0.15) is 35.6 Å². The smallest absolute Gasteiger partial charge is 0.264 e. The average Bonchev–Trinajstić information content (AvgIpc) is 3.01. The molecule has 8 heteroatoms. The van der Waals surface area contributed by atoms with Crippen molar-refractivity contribution in [2.45, 2.75) is 51.1 Å². The number of nitrogens with one attached hydrogen (secondary N) is 1. The van der Waals surface area contributed by atoms with Crippen molar-refractivity contribution in [2.24, 2.45) is 0 Å². The number of rotatable bonds is 13. The van der Waals surface area contributed by atoms with Crippen LogP contribution in [-0.4, -0.2) is 44.3 Å². The highest BCUT2D eigenvalue weighted by Gasteiger charge is 2.34. The first-order valence-electron chi connectivity index (χ1n) is 14.5. The van der Waals surface area contributed by atoms with Gasteiger partial charge in [0.15, 0.2) is 0 Å². The zero-order valence-corrected chi connectivity index (χ0v) is 25.8. The molecular weight excluding hydrogens is 558 g/mol. The molecule has 0 aliphatic rings. The highest BCUT2D eigenvalue weighted by Crippen LogP contribution is 2.26. The van der Waals surface area contributed by atoms with E-state index in [0.717, 1.165) is 33.0 Å². The average molecular weight is 598 g/mol. The molecule has 2 amide bonds. The molecule has 7 nitrogen and oxygen atoms in total. The fourth-order valence-electron chi connectivity index (χ4n) is 4.85. The second-order valence-corrected chi connectivity index (χ2v) is 12.5. The van der Waals surface area contributed by atoms with E-state index < -0.39 is 28.5 Å². The fraction of sp³-hybridized carbons (Fsp3) is 0.257. The third kappa shape index (κ3) is 8.32. The molecule has 43 heavy (non-hydrogen) atoms. The Morgan fingerprint density at radius 1 is 0.767 bits per heavy atom. The van der Waals surface area contributed by atoms with Gasteiger partial charge in [-0.3, -0.25) is 13.9 Å². The predicted octanol–water partition coefficient (Wildman–Crippen LogP) is 5.67. The van der Waals surface area contributed by atoms with Gasteiger partial charge in [-0.1, -0.05) is 97.4 Å². The van der Waals surface area contributed by atoms with Gasteiger partial charge in [0, 0.05) is 19.5 Å². The van der Waals surface area contributed by atoms with Gasteiger partial charge in [0.1, 0.15) is 12.6 Å². The quantitative estimate of drug-likeness (QED) is 0.215. The first-order chi connectivity index (χ1) is 20.7. The maximum absolute atomic E-state index is 14.4. The number of nitrogens with zero attached hydrogens (tertiary/aromatic N) is 2. The van der Waals surface area contributed by atoms with Crippen molar-refractivity contribution in [1.82, 2.24) is 10.2 Å². The van der Waals surface area contributed by atoms with Crippen LogP contribution in [0.5, 0.6) is 0 Å². The molecule has 224 valence electrons. The highest BCUT2D eigenvalue weighted by molar-refractivity contribution is 7.92. The molecule has 0 saturated heterocycles. The van der Waals surface area contributed by atoms with Gasteiger partial charge in [0.2, 0.25) is 11.8 Å². The Morgan fingerprint density at radius 2 is 1.40 bits per heavy atom. The lowest BCUT2D eigenvalue weighted by Crippen LogP contribution is -2.53. The lowest BCUT2D eigenvalue weighted by molar-refractivity contribution is -0.140. The Labute approximate surface area is 255 Å². The molecule has 0 spiro atoms. The molecule has 0 aromatic heterocycles. The van der Waals surface area contributed by atoms with Crippen molar-refractivity contribution in [3.05, 3.63) is 131 Å². The van der Waals surface area contributed by atoms with Crippen LogP contribution in [0.15, 0.2) is 114 Å². The molecule has 1 N–H and O–H groups in total. The number of benzene rings is 4. The number of carbonyl (C=O) groups is 2. The first kappa shape index (κ1) is 31.5. The van der Waals surface area contributed by atoms with Gasteiger partial charge in [-0.2, -0.15) is 0 Å². The van der Waals surface area contributed by atoms with E-state index in [9.17, 15) is 18.0 Å². The number of sulfonamides is 1. The summed E-state index contributed by atoms with van der Waals surface area (Å²) in [7, 11) is -4.12. The van der Waals surface area contributed by atoms with Gasteiger partial charge >= 0.3 is 0 Å². The number of carbonyl (C=O) groups excluding carboxylic acids is 2. The van der Waals surface area contributed by atoms with Gasteiger partial charge < -0.3 is 10.2 Å². The van der Waals surface area contributed by atoms with Crippen LogP contribution in [0.4, 0.5) is 5.69 Å². The zero-order chi connectivity index (χ0) is 30.8. The molecule has 4 aromatic rings. The SMILES string of the molecule is CCCNC(=O)[C@@H](Cc1ccccc1)N(Cc1ccccc1)C(=O)CN(c1cccc(C)c1)S(=O)(=O)c1ccc(C)cc1. The van der Waals surface area contributed by atoms with Gasteiger partial charge in [-0.25, -0.2) is 8.42 Å². The third-order valence-corrected chi connectivity index (χ3v) is 8.98. The van der Waals surface area contributed by atoms with E-state index in [2.05, 4.69) is 5.32 Å². The third-order valence-electron chi connectivity index (χ3n) is 7.19. The summed E-state index contributed by atoms with van der Waals surface area (Å²) in [6, 6.07) is 31.8. The van der Waals surface area contributed by atoms with Crippen LogP contribution in [0.2, 0.25) is 0 Å². The molecule has 0 bridgehead atoms. The number of amides is 2. The van der Waals surface area contributed by atoms with Crippen molar-refractivity contribution in [1.29, 1.82) is 0 Å². The van der Waals surface area contributed by atoms with Gasteiger partial charge in [0.05, 0.1) is 10.6 Å². The largest absolute Gasteiger partial charge is 0.354 e. The molecule has 4 aromatic carbocycles. The lowest BCUT2D eigenvalue weighted by Gasteiger charge is -2.34. The first-order valence-corrected chi connectivity index (χ1v) is 15.9. The van der Waals surface area contributed by atoms with Crippen LogP contribution in [0, 0.1) is 13.8 Å². The van der Waals surface area contributed by atoms with Crippen LogP contribution >= 0.6 is 0 Å². The Bertz CT molecular complexity index is 1610. The van der Waals surface area contributed by atoms with Gasteiger partial charge in [0.25, 0.3) is 10.0 Å². The normalized spacial score (nSPS) is 11.9. The Morgan fingerprint density at radius 3 is 2.00 bits per heavy atom. The molecule has 4 rings (SSSR count).